The highest BCUT2D eigenvalue weighted by Crippen LogP contribution is 2.27. The summed E-state index contributed by atoms with van der Waals surface area (Å²) in [5.74, 6) is 0.0278. The maximum atomic E-state index is 12.7. The minimum atomic E-state index is -0.207. The number of allylic oxidation sites excluding steroid dienone is 1. The van der Waals surface area contributed by atoms with E-state index < -0.39 is 0 Å². The second-order valence-electron chi connectivity index (χ2n) is 5.51. The van der Waals surface area contributed by atoms with Crippen molar-refractivity contribution in [1.29, 1.82) is 0 Å². The van der Waals surface area contributed by atoms with Crippen LogP contribution in [0.25, 0.3) is 10.9 Å². The molecule has 1 saturated heterocycles. The molecule has 2 aromatic rings. The van der Waals surface area contributed by atoms with Crippen molar-refractivity contribution in [3.05, 3.63) is 47.3 Å². The predicted molar refractivity (Wildman–Crippen MR) is 92.7 cm³/mol. The molecule has 0 saturated carbocycles. The lowest BCUT2D eigenvalue weighted by Crippen LogP contribution is -2.32. The van der Waals surface area contributed by atoms with Crippen LogP contribution < -0.4 is 10.9 Å². The van der Waals surface area contributed by atoms with Gasteiger partial charge in [0.15, 0.2) is 5.16 Å². The number of nitrogens with zero attached hydrogens (tertiary/aromatic N) is 2. The normalized spacial score (nSPS) is 18.4. The fourth-order valence-corrected chi connectivity index (χ4v) is 3.84. The lowest BCUT2D eigenvalue weighted by atomic mass is 10.2. The van der Waals surface area contributed by atoms with Gasteiger partial charge in [-0.1, -0.05) is 36.4 Å². The number of para-hydroxylation sites is 1. The topological polar surface area (TPSA) is 64.0 Å². The highest BCUT2D eigenvalue weighted by atomic mass is 32.2. The first-order chi connectivity index (χ1) is 11.2. The number of carbonyl (C=O) groups excluding carboxylic acids is 1. The fraction of sp³-hybridized carbons (Fsp3) is 0.353. The molecular formula is C17H19N3O2S. The van der Waals surface area contributed by atoms with Crippen molar-refractivity contribution in [1.82, 2.24) is 14.9 Å². The Morgan fingerprint density at radius 3 is 3.00 bits per heavy atom. The predicted octanol–water partition coefficient (Wildman–Crippen LogP) is 2.34. The van der Waals surface area contributed by atoms with Crippen LogP contribution >= 0.6 is 11.8 Å². The van der Waals surface area contributed by atoms with E-state index in [0.29, 0.717) is 22.6 Å². The zero-order chi connectivity index (χ0) is 16.2. The van der Waals surface area contributed by atoms with Crippen molar-refractivity contribution in [2.24, 2.45) is 0 Å². The van der Waals surface area contributed by atoms with Crippen molar-refractivity contribution in [2.45, 2.75) is 36.2 Å². The first kappa shape index (κ1) is 15.8. The monoisotopic (exact) mass is 329 g/mol. The Labute approximate surface area is 138 Å². The zero-order valence-electron chi connectivity index (χ0n) is 12.8. The zero-order valence-corrected chi connectivity index (χ0v) is 13.6. The van der Waals surface area contributed by atoms with Gasteiger partial charge in [-0.3, -0.25) is 14.2 Å². The summed E-state index contributed by atoms with van der Waals surface area (Å²) < 4.78 is 1.60. The van der Waals surface area contributed by atoms with Crippen LogP contribution in [-0.2, 0) is 11.3 Å². The smallest absolute Gasteiger partial charge is 0.262 e. The molecule has 1 amide bonds. The molecule has 0 aliphatic carbocycles. The molecule has 6 heteroatoms. The molecule has 23 heavy (non-hydrogen) atoms. The van der Waals surface area contributed by atoms with Gasteiger partial charge in [-0.05, 0) is 25.0 Å². The van der Waals surface area contributed by atoms with Crippen molar-refractivity contribution in [3.8, 4) is 0 Å². The number of amides is 1. The Hall–Kier alpha value is -2.08. The van der Waals surface area contributed by atoms with Gasteiger partial charge in [0.1, 0.15) is 0 Å². The molecule has 120 valence electrons. The number of carbonyl (C=O) groups is 1. The molecule has 2 heterocycles. The quantitative estimate of drug-likeness (QED) is 0.691. The molecule has 0 radical (unpaired) electrons. The maximum Gasteiger partial charge on any atom is 0.262 e. The van der Waals surface area contributed by atoms with Gasteiger partial charge in [-0.2, -0.15) is 0 Å². The largest absolute Gasteiger partial charge is 0.355 e. The van der Waals surface area contributed by atoms with Crippen molar-refractivity contribution < 1.29 is 4.79 Å². The van der Waals surface area contributed by atoms with Crippen molar-refractivity contribution in [3.63, 3.8) is 0 Å². The van der Waals surface area contributed by atoms with E-state index in [1.807, 2.05) is 18.2 Å². The van der Waals surface area contributed by atoms with Crippen LogP contribution in [0.4, 0.5) is 0 Å². The van der Waals surface area contributed by atoms with Gasteiger partial charge < -0.3 is 5.32 Å². The maximum absolute atomic E-state index is 12.7. The average Bonchev–Trinajstić information content (AvgIpc) is 2.76. The summed E-state index contributed by atoms with van der Waals surface area (Å²) in [6.45, 7) is 4.82. The van der Waals surface area contributed by atoms with Crippen LogP contribution in [0.3, 0.4) is 0 Å². The molecule has 5 nitrogen and oxygen atoms in total. The van der Waals surface area contributed by atoms with E-state index in [9.17, 15) is 9.59 Å². The lowest BCUT2D eigenvalue weighted by Gasteiger charge is -2.16. The van der Waals surface area contributed by atoms with E-state index in [1.54, 1.807) is 16.7 Å². The summed E-state index contributed by atoms with van der Waals surface area (Å²) >= 11 is 1.37. The molecule has 1 aromatic heterocycles. The minimum Gasteiger partial charge on any atom is -0.355 e. The van der Waals surface area contributed by atoms with Crippen LogP contribution in [-0.4, -0.2) is 27.3 Å². The molecular weight excluding hydrogens is 310 g/mol. The highest BCUT2D eigenvalue weighted by Gasteiger charge is 2.24. The second-order valence-corrected chi connectivity index (χ2v) is 6.68. The number of hydrogen-bond acceptors (Lipinski definition) is 4. The lowest BCUT2D eigenvalue weighted by molar-refractivity contribution is -0.120. The van der Waals surface area contributed by atoms with Gasteiger partial charge in [0.25, 0.3) is 5.56 Å². The molecule has 3 rings (SSSR count). The summed E-state index contributed by atoms with van der Waals surface area (Å²) in [6.07, 6.45) is 4.46. The van der Waals surface area contributed by atoms with Gasteiger partial charge in [-0.15, -0.1) is 6.58 Å². The molecule has 1 aromatic carbocycles. The van der Waals surface area contributed by atoms with E-state index in [-0.39, 0.29) is 16.7 Å². The first-order valence-electron chi connectivity index (χ1n) is 7.75. The van der Waals surface area contributed by atoms with Gasteiger partial charge in [0, 0.05) is 13.1 Å². The van der Waals surface area contributed by atoms with Crippen molar-refractivity contribution in [2.75, 3.05) is 6.54 Å². The molecule has 0 unspecified atom stereocenters. The van der Waals surface area contributed by atoms with E-state index >= 15 is 0 Å². The molecule has 1 aliphatic rings. The number of thioether (sulfide) groups is 1. The van der Waals surface area contributed by atoms with Crippen LogP contribution in [0, 0.1) is 0 Å². The standard InChI is InChI=1S/C17H19N3O2S/c1-2-11-20-16(22)12-7-3-4-8-13(12)19-17(20)23-14-9-5-6-10-18-15(14)21/h2-4,7-8,14H,1,5-6,9-11H2,(H,18,21)/t14-/m1/s1. The van der Waals surface area contributed by atoms with Gasteiger partial charge in [0.2, 0.25) is 5.91 Å². The number of benzene rings is 1. The number of fused-ring (bicyclic) bond motifs is 1. The summed E-state index contributed by atoms with van der Waals surface area (Å²) in [4.78, 5) is 29.5. The van der Waals surface area contributed by atoms with E-state index in [1.165, 1.54) is 11.8 Å². The van der Waals surface area contributed by atoms with Gasteiger partial charge >= 0.3 is 0 Å². The van der Waals surface area contributed by atoms with Crippen LogP contribution in [0.2, 0.25) is 0 Å². The van der Waals surface area contributed by atoms with Crippen LogP contribution in [0.1, 0.15) is 19.3 Å². The summed E-state index contributed by atoms with van der Waals surface area (Å²) in [7, 11) is 0. The molecule has 0 bridgehead atoms. The molecule has 0 spiro atoms. The summed E-state index contributed by atoms with van der Waals surface area (Å²) in [5.41, 5.74) is 0.571. The molecule has 1 fully saturated rings. The third-order valence-corrected chi connectivity index (χ3v) is 5.13. The Morgan fingerprint density at radius 2 is 2.17 bits per heavy atom. The second kappa shape index (κ2) is 7.00. The van der Waals surface area contributed by atoms with Crippen LogP contribution in [0.15, 0.2) is 46.9 Å². The van der Waals surface area contributed by atoms with E-state index in [4.69, 9.17) is 0 Å². The van der Waals surface area contributed by atoms with Gasteiger partial charge in [-0.25, -0.2) is 4.98 Å². The average molecular weight is 329 g/mol. The van der Waals surface area contributed by atoms with Crippen molar-refractivity contribution >= 4 is 28.6 Å². The van der Waals surface area contributed by atoms with E-state index in [0.717, 1.165) is 25.8 Å². The van der Waals surface area contributed by atoms with Crippen LogP contribution in [0.5, 0.6) is 0 Å². The Balaban J connectivity index is 2.04. The van der Waals surface area contributed by atoms with E-state index in [2.05, 4.69) is 16.9 Å². The highest BCUT2D eigenvalue weighted by molar-refractivity contribution is 8.00. The Kier molecular flexibility index (Phi) is 4.81. The number of aromatic nitrogens is 2. The summed E-state index contributed by atoms with van der Waals surface area (Å²) in [6, 6.07) is 7.29. The SMILES string of the molecule is C=CCn1c(S[C@@H]2CCCCNC2=O)nc2ccccc2c1=O. The molecule has 1 N–H and O–H groups in total. The first-order valence-corrected chi connectivity index (χ1v) is 8.63. The number of nitrogens with one attached hydrogen (secondary N) is 1. The van der Waals surface area contributed by atoms with Gasteiger partial charge in [0.05, 0.1) is 16.2 Å². The Bertz CT molecular complexity index is 800. The third kappa shape index (κ3) is 3.32. The number of rotatable bonds is 4. The molecule has 1 aliphatic heterocycles. The Morgan fingerprint density at radius 1 is 1.35 bits per heavy atom. The molecule has 1 atom stereocenters. The third-order valence-electron chi connectivity index (χ3n) is 3.87. The minimum absolute atomic E-state index is 0.0278. The summed E-state index contributed by atoms with van der Waals surface area (Å²) in [5, 5.41) is 3.88. The fourth-order valence-electron chi connectivity index (χ4n) is 2.68. The number of hydrogen-bond donors (Lipinski definition) is 1.